The summed E-state index contributed by atoms with van der Waals surface area (Å²) in [5.41, 5.74) is 16.1. The normalized spacial score (nSPS) is 12.9. The SMILES string of the molecule is N=C(/C(=C1\NC(c2ccccc2)=Cc2cc(-c3cccc(-c4nc(-c5ccccc5)nc(-c5cccc(-n6c7ccccc7c7ccccc76)c5)n4)c3)ccc21)c1ccccc1)c1ccccc1. The van der Waals surface area contributed by atoms with Gasteiger partial charge in [0, 0.05) is 55.5 Å². The van der Waals surface area contributed by atoms with Gasteiger partial charge in [-0.05, 0) is 70.3 Å². The van der Waals surface area contributed by atoms with Gasteiger partial charge in [0.15, 0.2) is 17.5 Å². The highest BCUT2D eigenvalue weighted by Gasteiger charge is 2.25. The average Bonchev–Trinajstić information content (AvgIpc) is 3.76. The zero-order valence-electron chi connectivity index (χ0n) is 36.9. The lowest BCUT2D eigenvalue weighted by molar-refractivity contribution is 1.07. The van der Waals surface area contributed by atoms with Crippen molar-refractivity contribution >= 4 is 50.6 Å². The standard InChI is InChI=1S/C62H42N6/c63-58(43-23-9-3-10-24-43)57(42-21-7-2-8-22-42)59-51-36-35-46(38-49(51)40-54(64-59)41-19-5-1-6-20-41)45-27-17-28-47(37-45)61-65-60(44-25-11-4-12-26-44)66-62(67-61)48-29-18-30-50(39-48)68-55-33-15-13-31-52(55)53-32-14-16-34-56(53)68/h1-40,63-64H/b59-57-,63-58?. The van der Waals surface area contributed by atoms with E-state index in [-0.39, 0.29) is 0 Å². The van der Waals surface area contributed by atoms with Gasteiger partial charge in [0.05, 0.1) is 22.4 Å². The molecule has 2 aromatic heterocycles. The number of aromatic nitrogens is 4. The largest absolute Gasteiger partial charge is 0.354 e. The van der Waals surface area contributed by atoms with Crippen LogP contribution in [-0.4, -0.2) is 25.2 Å². The molecule has 6 nitrogen and oxygen atoms in total. The fourth-order valence-corrected chi connectivity index (χ4v) is 9.39. The molecule has 0 amide bonds. The van der Waals surface area contributed by atoms with Gasteiger partial charge in [0.25, 0.3) is 0 Å². The zero-order valence-corrected chi connectivity index (χ0v) is 36.9. The smallest absolute Gasteiger partial charge is 0.164 e. The topological polar surface area (TPSA) is 79.5 Å². The van der Waals surface area contributed by atoms with E-state index in [0.29, 0.717) is 23.2 Å². The van der Waals surface area contributed by atoms with E-state index in [2.05, 4.69) is 168 Å². The van der Waals surface area contributed by atoms with Crippen LogP contribution >= 0.6 is 0 Å². The molecule has 0 bridgehead atoms. The molecule has 320 valence electrons. The van der Waals surface area contributed by atoms with Gasteiger partial charge in [-0.2, -0.15) is 0 Å². The Bertz CT molecular complexity index is 3710. The van der Waals surface area contributed by atoms with E-state index in [1.54, 1.807) is 0 Å². The Hall–Kier alpha value is -9.26. The third-order valence-corrected chi connectivity index (χ3v) is 12.7. The number of para-hydroxylation sites is 2. The molecule has 1 aliphatic heterocycles. The molecule has 68 heavy (non-hydrogen) atoms. The Balaban J connectivity index is 0.982. The number of fused-ring (bicyclic) bond motifs is 4. The van der Waals surface area contributed by atoms with Crippen molar-refractivity contribution in [3.63, 3.8) is 0 Å². The summed E-state index contributed by atoms with van der Waals surface area (Å²) in [6.07, 6.45) is 2.22. The van der Waals surface area contributed by atoms with Gasteiger partial charge in [0.2, 0.25) is 0 Å². The molecular formula is C62H42N6. The minimum atomic E-state index is 0.446. The van der Waals surface area contributed by atoms with Gasteiger partial charge in [-0.3, -0.25) is 5.41 Å². The van der Waals surface area contributed by atoms with Gasteiger partial charge >= 0.3 is 0 Å². The molecule has 9 aromatic carbocycles. The fourth-order valence-electron chi connectivity index (χ4n) is 9.39. The Morgan fingerprint density at radius 3 is 1.53 bits per heavy atom. The summed E-state index contributed by atoms with van der Waals surface area (Å²) in [6, 6.07) is 81.4. The predicted octanol–water partition coefficient (Wildman–Crippen LogP) is 14.7. The average molecular weight is 871 g/mol. The van der Waals surface area contributed by atoms with E-state index in [4.69, 9.17) is 15.0 Å². The maximum Gasteiger partial charge on any atom is 0.164 e. The van der Waals surface area contributed by atoms with E-state index in [9.17, 15) is 5.41 Å². The summed E-state index contributed by atoms with van der Waals surface area (Å²) in [4.78, 5) is 15.5. The Labute approximate surface area is 394 Å². The van der Waals surface area contributed by atoms with Crippen molar-refractivity contribution in [2.45, 2.75) is 0 Å². The summed E-state index contributed by atoms with van der Waals surface area (Å²) in [7, 11) is 0. The molecule has 12 rings (SSSR count). The quantitative estimate of drug-likeness (QED) is 0.142. The van der Waals surface area contributed by atoms with E-state index >= 15 is 0 Å². The predicted molar refractivity (Wildman–Crippen MR) is 280 cm³/mol. The van der Waals surface area contributed by atoms with Crippen LogP contribution in [0, 0.1) is 5.41 Å². The third-order valence-electron chi connectivity index (χ3n) is 12.7. The highest BCUT2D eigenvalue weighted by molar-refractivity contribution is 6.36. The summed E-state index contributed by atoms with van der Waals surface area (Å²) in [6.45, 7) is 0. The second-order valence-electron chi connectivity index (χ2n) is 16.9. The molecule has 0 aliphatic carbocycles. The van der Waals surface area contributed by atoms with E-state index in [1.807, 2.05) is 84.9 Å². The second kappa shape index (κ2) is 17.3. The Morgan fingerprint density at radius 1 is 0.397 bits per heavy atom. The van der Waals surface area contributed by atoms with Gasteiger partial charge in [-0.15, -0.1) is 0 Å². The first-order valence-corrected chi connectivity index (χ1v) is 22.8. The van der Waals surface area contributed by atoms with Crippen LogP contribution in [0.15, 0.2) is 237 Å². The molecule has 0 saturated carbocycles. The second-order valence-corrected chi connectivity index (χ2v) is 16.9. The van der Waals surface area contributed by atoms with Crippen molar-refractivity contribution in [1.29, 1.82) is 5.41 Å². The molecule has 6 heteroatoms. The maximum atomic E-state index is 9.66. The third kappa shape index (κ3) is 7.46. The molecule has 0 unspecified atom stereocenters. The zero-order chi connectivity index (χ0) is 45.4. The highest BCUT2D eigenvalue weighted by atomic mass is 15.0. The number of hydrogen-bond acceptors (Lipinski definition) is 5. The van der Waals surface area contributed by atoms with Gasteiger partial charge < -0.3 is 9.88 Å². The molecule has 0 spiro atoms. The summed E-state index contributed by atoms with van der Waals surface area (Å²) in [5.74, 6) is 1.78. The number of benzene rings is 9. The lowest BCUT2D eigenvalue weighted by Gasteiger charge is -2.26. The van der Waals surface area contributed by atoms with Crippen LogP contribution in [0.5, 0.6) is 0 Å². The molecule has 0 radical (unpaired) electrons. The molecular weight excluding hydrogens is 829 g/mol. The highest BCUT2D eigenvalue weighted by Crippen LogP contribution is 2.39. The van der Waals surface area contributed by atoms with E-state index in [1.165, 1.54) is 10.8 Å². The minimum absolute atomic E-state index is 0.446. The van der Waals surface area contributed by atoms with Gasteiger partial charge in [0.1, 0.15) is 0 Å². The van der Waals surface area contributed by atoms with Crippen molar-refractivity contribution in [2.24, 2.45) is 0 Å². The summed E-state index contributed by atoms with van der Waals surface area (Å²) < 4.78 is 2.32. The number of allylic oxidation sites excluding steroid dienone is 1. The maximum absolute atomic E-state index is 9.66. The number of nitrogens with one attached hydrogen (secondary N) is 2. The molecule has 0 saturated heterocycles. The number of rotatable bonds is 9. The van der Waals surface area contributed by atoms with Crippen molar-refractivity contribution < 1.29 is 0 Å². The minimum Gasteiger partial charge on any atom is -0.354 e. The first-order chi connectivity index (χ1) is 33.6. The molecule has 11 aromatic rings. The van der Waals surface area contributed by atoms with Crippen LogP contribution < -0.4 is 5.32 Å². The van der Waals surface area contributed by atoms with Gasteiger partial charge in [-0.1, -0.05) is 200 Å². The summed E-state index contributed by atoms with van der Waals surface area (Å²) >= 11 is 0. The van der Waals surface area contributed by atoms with E-state index in [0.717, 1.165) is 89.3 Å². The van der Waals surface area contributed by atoms with Crippen LogP contribution in [-0.2, 0) is 0 Å². The Morgan fingerprint density at radius 2 is 0.882 bits per heavy atom. The van der Waals surface area contributed by atoms with Crippen LogP contribution in [0.2, 0.25) is 0 Å². The van der Waals surface area contributed by atoms with Crippen LogP contribution in [0.4, 0.5) is 0 Å². The fraction of sp³-hybridized carbons (Fsp3) is 0. The van der Waals surface area contributed by atoms with Crippen molar-refractivity contribution in [3.8, 4) is 51.0 Å². The number of nitrogens with zero attached hydrogens (tertiary/aromatic N) is 4. The molecule has 0 fully saturated rings. The number of hydrogen-bond donors (Lipinski definition) is 2. The van der Waals surface area contributed by atoms with Crippen LogP contribution in [0.25, 0.3) is 95.8 Å². The van der Waals surface area contributed by atoms with Gasteiger partial charge in [-0.25, -0.2) is 15.0 Å². The molecule has 0 atom stereocenters. The van der Waals surface area contributed by atoms with Crippen molar-refractivity contribution in [1.82, 2.24) is 24.8 Å². The lowest BCUT2D eigenvalue weighted by atomic mass is 9.87. The first-order valence-electron chi connectivity index (χ1n) is 22.8. The summed E-state index contributed by atoms with van der Waals surface area (Å²) in [5, 5.41) is 15.9. The van der Waals surface area contributed by atoms with Crippen molar-refractivity contribution in [2.75, 3.05) is 0 Å². The van der Waals surface area contributed by atoms with Crippen LogP contribution in [0.1, 0.15) is 27.8 Å². The Kier molecular flexibility index (Phi) is 10.2. The van der Waals surface area contributed by atoms with Crippen molar-refractivity contribution in [3.05, 3.63) is 264 Å². The van der Waals surface area contributed by atoms with E-state index < -0.39 is 0 Å². The molecule has 3 heterocycles. The first kappa shape index (κ1) is 40.3. The monoisotopic (exact) mass is 870 g/mol. The molecule has 2 N–H and O–H groups in total. The van der Waals surface area contributed by atoms with Crippen LogP contribution in [0.3, 0.4) is 0 Å². The molecule has 1 aliphatic rings. The lowest BCUT2D eigenvalue weighted by Crippen LogP contribution is -2.20.